The smallest absolute Gasteiger partial charge is 0.0961 e. The van der Waals surface area contributed by atoms with Crippen LogP contribution in [0, 0.1) is 10.8 Å². The summed E-state index contributed by atoms with van der Waals surface area (Å²) in [5, 5.41) is 12.7. The van der Waals surface area contributed by atoms with Crippen LogP contribution >= 0.6 is 27.3 Å². The second kappa shape index (κ2) is 5.23. The molecule has 0 aliphatic heterocycles. The lowest BCUT2D eigenvalue weighted by molar-refractivity contribution is -0.0219. The summed E-state index contributed by atoms with van der Waals surface area (Å²) in [6, 6.07) is 2.00. The van der Waals surface area contributed by atoms with Gasteiger partial charge in [0.05, 0.1) is 6.10 Å². The van der Waals surface area contributed by atoms with Gasteiger partial charge in [0.25, 0.3) is 0 Å². The van der Waals surface area contributed by atoms with E-state index in [1.165, 1.54) is 0 Å². The minimum Gasteiger partial charge on any atom is -0.387 e. The van der Waals surface area contributed by atoms with Crippen LogP contribution in [0.1, 0.15) is 50.5 Å². The molecule has 0 amide bonds. The zero-order valence-electron chi connectivity index (χ0n) is 11.1. The standard InChI is InChI=1S/C14H22BrNOS/c1-13(2)4-6-14(9-16,7-5-13)12(17)11-10(15)3-8-18-11/h3,8,12,17H,4-7,9,16H2,1-2H3. The number of hydrogen-bond donors (Lipinski definition) is 2. The van der Waals surface area contributed by atoms with Crippen molar-refractivity contribution in [1.29, 1.82) is 0 Å². The van der Waals surface area contributed by atoms with Crippen LogP contribution in [0.3, 0.4) is 0 Å². The molecule has 1 aliphatic rings. The Morgan fingerprint density at radius 1 is 1.39 bits per heavy atom. The number of nitrogens with two attached hydrogens (primary N) is 1. The molecule has 1 unspecified atom stereocenters. The fourth-order valence-electron chi connectivity index (χ4n) is 2.79. The number of aliphatic hydroxyl groups is 1. The molecule has 2 rings (SSSR count). The maximum absolute atomic E-state index is 10.7. The monoisotopic (exact) mass is 331 g/mol. The van der Waals surface area contributed by atoms with E-state index < -0.39 is 6.10 Å². The first-order chi connectivity index (χ1) is 8.40. The molecule has 0 radical (unpaired) electrons. The van der Waals surface area contributed by atoms with Crippen LogP contribution in [0.4, 0.5) is 0 Å². The highest BCUT2D eigenvalue weighted by molar-refractivity contribution is 9.10. The number of rotatable bonds is 3. The molecular formula is C14H22BrNOS. The van der Waals surface area contributed by atoms with Gasteiger partial charge in [-0.05, 0) is 58.5 Å². The molecule has 1 saturated carbocycles. The summed E-state index contributed by atoms with van der Waals surface area (Å²) in [6.07, 6.45) is 3.88. The molecule has 1 aromatic rings. The van der Waals surface area contributed by atoms with E-state index in [-0.39, 0.29) is 5.41 Å². The van der Waals surface area contributed by atoms with Gasteiger partial charge in [0, 0.05) is 21.3 Å². The maximum Gasteiger partial charge on any atom is 0.0961 e. The van der Waals surface area contributed by atoms with E-state index in [9.17, 15) is 5.11 Å². The van der Waals surface area contributed by atoms with Gasteiger partial charge in [0.15, 0.2) is 0 Å². The van der Waals surface area contributed by atoms with E-state index in [1.807, 2.05) is 11.4 Å². The van der Waals surface area contributed by atoms with Gasteiger partial charge in [-0.1, -0.05) is 13.8 Å². The van der Waals surface area contributed by atoms with E-state index >= 15 is 0 Å². The Morgan fingerprint density at radius 2 is 2.00 bits per heavy atom. The van der Waals surface area contributed by atoms with E-state index in [0.29, 0.717) is 12.0 Å². The molecule has 0 saturated heterocycles. The molecule has 1 aliphatic carbocycles. The Balaban J connectivity index is 2.21. The van der Waals surface area contributed by atoms with Crippen LogP contribution in [-0.4, -0.2) is 11.7 Å². The Kier molecular flexibility index (Phi) is 4.22. The Labute approximate surface area is 122 Å². The minimum atomic E-state index is -0.437. The average Bonchev–Trinajstić information content (AvgIpc) is 2.75. The van der Waals surface area contributed by atoms with Crippen LogP contribution in [0.25, 0.3) is 0 Å². The van der Waals surface area contributed by atoms with Gasteiger partial charge in [0.1, 0.15) is 0 Å². The van der Waals surface area contributed by atoms with Crippen molar-refractivity contribution in [3.8, 4) is 0 Å². The predicted octanol–water partition coefficient (Wildman–Crippen LogP) is 4.09. The van der Waals surface area contributed by atoms with Gasteiger partial charge in [-0.15, -0.1) is 11.3 Å². The number of hydrogen-bond acceptors (Lipinski definition) is 3. The van der Waals surface area contributed by atoms with Crippen molar-refractivity contribution in [2.45, 2.75) is 45.6 Å². The molecule has 0 spiro atoms. The fourth-order valence-corrected chi connectivity index (χ4v) is 4.51. The zero-order valence-corrected chi connectivity index (χ0v) is 13.5. The molecule has 1 aromatic heterocycles. The van der Waals surface area contributed by atoms with Gasteiger partial charge < -0.3 is 10.8 Å². The Morgan fingerprint density at radius 3 is 2.44 bits per heavy atom. The number of halogens is 1. The normalized spacial score (nSPS) is 23.8. The lowest BCUT2D eigenvalue weighted by Crippen LogP contribution is -2.41. The van der Waals surface area contributed by atoms with E-state index in [0.717, 1.165) is 35.0 Å². The fraction of sp³-hybridized carbons (Fsp3) is 0.714. The molecule has 102 valence electrons. The molecule has 3 N–H and O–H groups in total. The summed E-state index contributed by atoms with van der Waals surface area (Å²) in [7, 11) is 0. The van der Waals surface area contributed by atoms with E-state index in [4.69, 9.17) is 5.73 Å². The molecule has 1 heterocycles. The molecular weight excluding hydrogens is 310 g/mol. The third-order valence-corrected chi connectivity index (χ3v) is 6.40. The van der Waals surface area contributed by atoms with Gasteiger partial charge in [0.2, 0.25) is 0 Å². The van der Waals surface area contributed by atoms with Crippen molar-refractivity contribution in [3.05, 3.63) is 20.8 Å². The van der Waals surface area contributed by atoms with Crippen LogP contribution < -0.4 is 5.73 Å². The van der Waals surface area contributed by atoms with Crippen LogP contribution in [0.5, 0.6) is 0 Å². The van der Waals surface area contributed by atoms with Crippen molar-refractivity contribution in [3.63, 3.8) is 0 Å². The lowest BCUT2D eigenvalue weighted by atomic mass is 9.62. The summed E-state index contributed by atoms with van der Waals surface area (Å²) in [4.78, 5) is 1.03. The number of thiophene rings is 1. The SMILES string of the molecule is CC1(C)CCC(CN)(C(O)c2sccc2Br)CC1. The largest absolute Gasteiger partial charge is 0.387 e. The molecule has 4 heteroatoms. The highest BCUT2D eigenvalue weighted by atomic mass is 79.9. The zero-order chi connectivity index (χ0) is 13.4. The lowest BCUT2D eigenvalue weighted by Gasteiger charge is -2.45. The third-order valence-electron chi connectivity index (χ3n) is 4.48. The molecule has 1 atom stereocenters. The maximum atomic E-state index is 10.7. The molecule has 18 heavy (non-hydrogen) atoms. The van der Waals surface area contributed by atoms with Crippen molar-refractivity contribution in [1.82, 2.24) is 0 Å². The van der Waals surface area contributed by atoms with Crippen LogP contribution in [0.15, 0.2) is 15.9 Å². The van der Waals surface area contributed by atoms with Gasteiger partial charge >= 0.3 is 0 Å². The van der Waals surface area contributed by atoms with Gasteiger partial charge in [-0.3, -0.25) is 0 Å². The number of aliphatic hydroxyl groups excluding tert-OH is 1. The average molecular weight is 332 g/mol. The second-order valence-electron chi connectivity index (χ2n) is 6.27. The topological polar surface area (TPSA) is 46.2 Å². The molecule has 0 aromatic carbocycles. The van der Waals surface area contributed by atoms with Crippen molar-refractivity contribution in [2.24, 2.45) is 16.6 Å². The molecule has 2 nitrogen and oxygen atoms in total. The highest BCUT2D eigenvalue weighted by Crippen LogP contribution is 2.52. The van der Waals surface area contributed by atoms with Crippen molar-refractivity contribution >= 4 is 27.3 Å². The first-order valence-electron chi connectivity index (χ1n) is 6.51. The minimum absolute atomic E-state index is 0.136. The molecule has 1 fully saturated rings. The van der Waals surface area contributed by atoms with Gasteiger partial charge in [-0.25, -0.2) is 0 Å². The van der Waals surface area contributed by atoms with Crippen LogP contribution in [-0.2, 0) is 0 Å². The first-order valence-corrected chi connectivity index (χ1v) is 8.19. The Bertz CT molecular complexity index is 406. The second-order valence-corrected chi connectivity index (χ2v) is 8.07. The van der Waals surface area contributed by atoms with E-state index in [2.05, 4.69) is 29.8 Å². The van der Waals surface area contributed by atoms with Crippen LogP contribution in [0.2, 0.25) is 0 Å². The predicted molar refractivity (Wildman–Crippen MR) is 80.7 cm³/mol. The summed E-state index contributed by atoms with van der Waals surface area (Å²) < 4.78 is 1.01. The summed E-state index contributed by atoms with van der Waals surface area (Å²) in [5.41, 5.74) is 6.27. The first kappa shape index (κ1) is 14.5. The summed E-state index contributed by atoms with van der Waals surface area (Å²) in [6.45, 7) is 5.18. The quantitative estimate of drug-likeness (QED) is 0.876. The summed E-state index contributed by atoms with van der Waals surface area (Å²) >= 11 is 5.13. The van der Waals surface area contributed by atoms with Gasteiger partial charge in [-0.2, -0.15) is 0 Å². The highest BCUT2D eigenvalue weighted by Gasteiger charge is 2.43. The Hall–Kier alpha value is 0.100. The third kappa shape index (κ3) is 2.67. The van der Waals surface area contributed by atoms with Crippen molar-refractivity contribution in [2.75, 3.05) is 6.54 Å². The van der Waals surface area contributed by atoms with Crippen molar-refractivity contribution < 1.29 is 5.11 Å². The molecule has 0 bridgehead atoms. The van der Waals surface area contributed by atoms with E-state index in [1.54, 1.807) is 11.3 Å². The summed E-state index contributed by atoms with van der Waals surface area (Å²) in [5.74, 6) is 0.